The summed E-state index contributed by atoms with van der Waals surface area (Å²) in [6.45, 7) is 3.80. The molecular formula is C33H30F3N5O. The molecule has 5 aromatic rings. The first-order chi connectivity index (χ1) is 20.0. The van der Waals surface area contributed by atoms with Gasteiger partial charge in [0.15, 0.2) is 0 Å². The van der Waals surface area contributed by atoms with Crippen molar-refractivity contribution in [3.05, 3.63) is 113 Å². The van der Waals surface area contributed by atoms with Crippen molar-refractivity contribution < 1.29 is 18.0 Å². The van der Waals surface area contributed by atoms with Gasteiger partial charge in [-0.1, -0.05) is 24.3 Å². The molecule has 2 N–H and O–H groups in total. The van der Waals surface area contributed by atoms with Gasteiger partial charge in [0.2, 0.25) is 5.95 Å². The molecule has 0 aliphatic rings. The van der Waals surface area contributed by atoms with E-state index in [0.717, 1.165) is 56.7 Å². The first-order valence-electron chi connectivity index (χ1n) is 13.4. The lowest BCUT2D eigenvalue weighted by molar-refractivity contribution is -0.137. The number of alkyl halides is 3. The minimum absolute atomic E-state index is 0.0435. The quantitative estimate of drug-likeness (QED) is 0.208. The van der Waals surface area contributed by atoms with Crippen LogP contribution in [-0.4, -0.2) is 30.0 Å². The maximum atomic E-state index is 13.1. The summed E-state index contributed by atoms with van der Waals surface area (Å²) in [6, 6.07) is 23.8. The molecule has 214 valence electrons. The molecule has 0 spiro atoms. The Balaban J connectivity index is 1.34. The number of aromatic nitrogens is 2. The number of fused-ring (bicyclic) bond motifs is 1. The van der Waals surface area contributed by atoms with Crippen LogP contribution in [0.5, 0.6) is 0 Å². The normalized spacial score (nSPS) is 12.2. The minimum Gasteiger partial charge on any atom is -0.378 e. The van der Waals surface area contributed by atoms with Crippen LogP contribution in [0.3, 0.4) is 0 Å². The van der Waals surface area contributed by atoms with Crippen molar-refractivity contribution in [3.63, 3.8) is 0 Å². The number of aryl methyl sites for hydroxylation is 1. The monoisotopic (exact) mass is 569 g/mol. The Bertz CT molecular complexity index is 1750. The number of rotatable bonds is 7. The first-order valence-corrected chi connectivity index (χ1v) is 13.4. The van der Waals surface area contributed by atoms with Gasteiger partial charge in [-0.2, -0.15) is 13.2 Å². The SMILES string of the molecule is Cc1ccc(C(C)NC(=O)c2cccc(C(F)(F)F)c2)cc1-c1ccc2nc(Nc3ccc(N(C)C)cc3)ncc2c1. The lowest BCUT2D eigenvalue weighted by Gasteiger charge is -2.17. The third kappa shape index (κ3) is 6.35. The van der Waals surface area contributed by atoms with E-state index in [2.05, 4.69) is 20.6 Å². The number of nitrogens with one attached hydrogen (secondary N) is 2. The van der Waals surface area contributed by atoms with Crippen LogP contribution in [0.4, 0.5) is 30.5 Å². The molecule has 9 heteroatoms. The predicted octanol–water partition coefficient (Wildman–Crippen LogP) is 7.92. The second kappa shape index (κ2) is 11.5. The third-order valence-corrected chi connectivity index (χ3v) is 7.09. The zero-order valence-corrected chi connectivity index (χ0v) is 23.6. The standard InChI is InChI=1S/C33H30F3N5O/c1-20-8-9-22(21(2)38-31(42)24-6-5-7-26(17-24)33(34,35)36)18-29(20)23-10-15-30-25(16-23)19-37-32(40-30)39-27-11-13-28(14-12-27)41(3)4/h5-19,21H,1-4H3,(H,38,42)(H,37,39,40). The van der Waals surface area contributed by atoms with Crippen molar-refractivity contribution in [1.82, 2.24) is 15.3 Å². The summed E-state index contributed by atoms with van der Waals surface area (Å²) >= 11 is 0. The highest BCUT2D eigenvalue weighted by atomic mass is 19.4. The molecule has 0 aliphatic carbocycles. The van der Waals surface area contributed by atoms with Crippen molar-refractivity contribution in [2.45, 2.75) is 26.1 Å². The van der Waals surface area contributed by atoms with Crippen molar-refractivity contribution >= 4 is 34.1 Å². The molecular weight excluding hydrogens is 539 g/mol. The summed E-state index contributed by atoms with van der Waals surface area (Å²) in [5.41, 5.74) is 5.66. The average molecular weight is 570 g/mol. The van der Waals surface area contributed by atoms with E-state index in [-0.39, 0.29) is 5.56 Å². The summed E-state index contributed by atoms with van der Waals surface area (Å²) in [7, 11) is 3.98. The van der Waals surface area contributed by atoms with Crippen LogP contribution in [0, 0.1) is 6.92 Å². The van der Waals surface area contributed by atoms with Gasteiger partial charge < -0.3 is 15.5 Å². The van der Waals surface area contributed by atoms with E-state index in [4.69, 9.17) is 0 Å². The average Bonchev–Trinajstić information content (AvgIpc) is 2.97. The molecule has 0 saturated carbocycles. The van der Waals surface area contributed by atoms with E-state index < -0.39 is 23.7 Å². The minimum atomic E-state index is -4.52. The number of hydrogen-bond acceptors (Lipinski definition) is 5. The third-order valence-electron chi connectivity index (χ3n) is 7.09. The van der Waals surface area contributed by atoms with Crippen LogP contribution in [-0.2, 0) is 6.18 Å². The van der Waals surface area contributed by atoms with Crippen LogP contribution in [0.1, 0.15) is 40.0 Å². The Kier molecular flexibility index (Phi) is 7.85. The molecule has 1 heterocycles. The fourth-order valence-corrected chi connectivity index (χ4v) is 4.65. The zero-order valence-electron chi connectivity index (χ0n) is 23.6. The molecule has 6 nitrogen and oxygen atoms in total. The fourth-order valence-electron chi connectivity index (χ4n) is 4.65. The number of benzene rings is 4. The number of halogens is 3. The fraction of sp³-hybridized carbons (Fsp3) is 0.182. The van der Waals surface area contributed by atoms with Gasteiger partial charge >= 0.3 is 6.18 Å². The topological polar surface area (TPSA) is 70.2 Å². The van der Waals surface area contributed by atoms with Gasteiger partial charge in [-0.25, -0.2) is 9.97 Å². The molecule has 0 aliphatic heterocycles. The number of nitrogens with zero attached hydrogens (tertiary/aromatic N) is 3. The smallest absolute Gasteiger partial charge is 0.378 e. The van der Waals surface area contributed by atoms with Crippen LogP contribution >= 0.6 is 0 Å². The van der Waals surface area contributed by atoms with Crippen molar-refractivity contribution in [2.24, 2.45) is 0 Å². The summed E-state index contributed by atoms with van der Waals surface area (Å²) in [5, 5.41) is 6.93. The van der Waals surface area contributed by atoms with E-state index in [0.29, 0.717) is 5.95 Å². The van der Waals surface area contributed by atoms with Crippen LogP contribution < -0.4 is 15.5 Å². The second-order valence-electron chi connectivity index (χ2n) is 10.4. The van der Waals surface area contributed by atoms with E-state index in [9.17, 15) is 18.0 Å². The predicted molar refractivity (Wildman–Crippen MR) is 161 cm³/mol. The van der Waals surface area contributed by atoms with E-state index >= 15 is 0 Å². The highest BCUT2D eigenvalue weighted by molar-refractivity contribution is 5.94. The van der Waals surface area contributed by atoms with Gasteiger partial charge in [0.05, 0.1) is 17.1 Å². The molecule has 1 aromatic heterocycles. The van der Waals surface area contributed by atoms with Crippen molar-refractivity contribution in [1.29, 1.82) is 0 Å². The molecule has 1 unspecified atom stereocenters. The highest BCUT2D eigenvalue weighted by Crippen LogP contribution is 2.31. The van der Waals surface area contributed by atoms with E-state index in [1.807, 2.05) is 86.6 Å². The Morgan fingerprint density at radius 3 is 2.40 bits per heavy atom. The van der Waals surface area contributed by atoms with Crippen LogP contribution in [0.25, 0.3) is 22.0 Å². The van der Waals surface area contributed by atoms with E-state index in [1.54, 1.807) is 13.1 Å². The molecule has 42 heavy (non-hydrogen) atoms. The molecule has 0 fully saturated rings. The lowest BCUT2D eigenvalue weighted by atomic mass is 9.95. The Hall–Kier alpha value is -4.92. The molecule has 5 rings (SSSR count). The number of carbonyl (C=O) groups excluding carboxylic acids is 1. The molecule has 4 aromatic carbocycles. The molecule has 1 atom stereocenters. The maximum Gasteiger partial charge on any atom is 0.416 e. The number of carbonyl (C=O) groups is 1. The van der Waals surface area contributed by atoms with E-state index in [1.165, 1.54) is 12.1 Å². The highest BCUT2D eigenvalue weighted by Gasteiger charge is 2.31. The van der Waals surface area contributed by atoms with Gasteiger partial charge in [0.25, 0.3) is 5.91 Å². The Labute approximate surface area is 242 Å². The zero-order chi connectivity index (χ0) is 30.0. The summed E-state index contributed by atoms with van der Waals surface area (Å²) in [6.07, 6.45) is -2.74. The first kappa shape index (κ1) is 28.6. The maximum absolute atomic E-state index is 13.1. The van der Waals surface area contributed by atoms with Crippen molar-refractivity contribution in [3.8, 4) is 11.1 Å². The number of amides is 1. The molecule has 1 amide bonds. The summed E-state index contributed by atoms with van der Waals surface area (Å²) in [5.74, 6) is -0.0759. The van der Waals surface area contributed by atoms with Gasteiger partial charge in [-0.3, -0.25) is 4.79 Å². The summed E-state index contributed by atoms with van der Waals surface area (Å²) in [4.78, 5) is 23.9. The number of hydrogen-bond donors (Lipinski definition) is 2. The molecule has 0 radical (unpaired) electrons. The van der Waals surface area contributed by atoms with Crippen LogP contribution in [0.2, 0.25) is 0 Å². The van der Waals surface area contributed by atoms with Gasteiger partial charge in [-0.05, 0) is 96.8 Å². The molecule has 0 bridgehead atoms. The Morgan fingerprint density at radius 1 is 0.929 bits per heavy atom. The largest absolute Gasteiger partial charge is 0.416 e. The van der Waals surface area contributed by atoms with Crippen molar-refractivity contribution in [2.75, 3.05) is 24.3 Å². The lowest BCUT2D eigenvalue weighted by Crippen LogP contribution is -2.27. The molecule has 0 saturated heterocycles. The van der Waals surface area contributed by atoms with Gasteiger partial charge in [-0.15, -0.1) is 0 Å². The van der Waals surface area contributed by atoms with Gasteiger partial charge in [0.1, 0.15) is 0 Å². The van der Waals surface area contributed by atoms with Gasteiger partial charge in [0, 0.05) is 42.6 Å². The summed E-state index contributed by atoms with van der Waals surface area (Å²) < 4.78 is 39.3. The van der Waals surface area contributed by atoms with Crippen LogP contribution in [0.15, 0.2) is 91.1 Å². The second-order valence-corrected chi connectivity index (χ2v) is 10.4. The Morgan fingerprint density at radius 2 is 1.69 bits per heavy atom. The number of anilines is 3.